The highest BCUT2D eigenvalue weighted by atomic mass is 32.2. The first kappa shape index (κ1) is 28.8. The van der Waals surface area contributed by atoms with Gasteiger partial charge in [0.25, 0.3) is 0 Å². The lowest BCUT2D eigenvalue weighted by atomic mass is 10.2. The Balaban J connectivity index is 1.42. The minimum Gasteiger partial charge on any atom is -0.376 e. The second-order valence-corrected chi connectivity index (χ2v) is 14.5. The molecule has 1 aromatic carbocycles. The van der Waals surface area contributed by atoms with E-state index in [2.05, 4.69) is 10.3 Å². The molecule has 2 aliphatic heterocycles. The molecule has 1 N–H and O–H groups in total. The summed E-state index contributed by atoms with van der Waals surface area (Å²) in [5.74, 6) is -0.293. The van der Waals surface area contributed by atoms with Crippen LogP contribution in [0.5, 0.6) is 0 Å². The van der Waals surface area contributed by atoms with Crippen molar-refractivity contribution < 1.29 is 21.6 Å². The molecule has 208 valence electrons. The lowest BCUT2D eigenvalue weighted by Gasteiger charge is -2.26. The summed E-state index contributed by atoms with van der Waals surface area (Å²) >= 11 is 1.18. The van der Waals surface area contributed by atoms with Crippen LogP contribution in [-0.2, 0) is 24.8 Å². The van der Waals surface area contributed by atoms with Crippen LogP contribution in [0.3, 0.4) is 0 Å². The first-order valence-electron chi connectivity index (χ1n) is 12.8. The lowest BCUT2D eigenvalue weighted by molar-refractivity contribution is -0.113. The van der Waals surface area contributed by atoms with Crippen LogP contribution in [0.2, 0.25) is 0 Å². The minimum absolute atomic E-state index is 0.0290. The molecule has 0 aliphatic carbocycles. The van der Waals surface area contributed by atoms with E-state index in [4.69, 9.17) is 0 Å². The van der Waals surface area contributed by atoms with Gasteiger partial charge in [0.15, 0.2) is 0 Å². The molecule has 10 nitrogen and oxygen atoms in total. The van der Waals surface area contributed by atoms with Gasteiger partial charge in [0.05, 0.1) is 27.0 Å². The number of nitrogens with zero attached hydrogens (tertiary/aromatic N) is 4. The third kappa shape index (κ3) is 6.68. The fraction of sp³-hybridized carbons (Fsp3) is 0.520. The number of piperidine rings is 2. The molecule has 0 bridgehead atoms. The summed E-state index contributed by atoms with van der Waals surface area (Å²) in [7, 11) is -3.57. The fourth-order valence-electron chi connectivity index (χ4n) is 4.60. The Bertz CT molecular complexity index is 1340. The molecular formula is C25H35N5O5S3. The van der Waals surface area contributed by atoms with Gasteiger partial charge in [0.2, 0.25) is 26.0 Å². The van der Waals surface area contributed by atoms with E-state index in [-0.39, 0.29) is 21.5 Å². The molecule has 38 heavy (non-hydrogen) atoms. The van der Waals surface area contributed by atoms with E-state index in [9.17, 15) is 21.6 Å². The van der Waals surface area contributed by atoms with Crippen LogP contribution in [0.25, 0.3) is 0 Å². The van der Waals surface area contributed by atoms with Gasteiger partial charge in [0.1, 0.15) is 4.90 Å². The van der Waals surface area contributed by atoms with Crippen molar-refractivity contribution in [1.82, 2.24) is 13.6 Å². The number of amides is 1. The van der Waals surface area contributed by atoms with Crippen molar-refractivity contribution in [3.05, 3.63) is 36.5 Å². The monoisotopic (exact) mass is 581 g/mol. The Morgan fingerprint density at radius 1 is 0.868 bits per heavy atom. The number of carbonyl (C=O) groups is 1. The molecule has 3 heterocycles. The van der Waals surface area contributed by atoms with E-state index >= 15 is 0 Å². The van der Waals surface area contributed by atoms with Crippen molar-refractivity contribution in [3.63, 3.8) is 0 Å². The number of anilines is 2. The second kappa shape index (κ2) is 12.3. The SMILES string of the molecule is CN(C)c1ccc(S(=O)(=O)N2CCCCC2)cc1NC(=O)CSc1ccc(S(=O)(=O)N2CCCCC2)cn1. The van der Waals surface area contributed by atoms with Gasteiger partial charge in [-0.05, 0) is 56.0 Å². The standard InChI is InChI=1S/C25H35N5O5S3/c1-28(2)23-11-9-20(37(32,33)29-13-5-3-6-14-29)17-22(23)27-24(31)19-36-25-12-10-21(18-26-25)38(34,35)30-15-7-4-8-16-30/h9-12,17-18H,3-8,13-16,19H2,1-2H3,(H,27,31). The van der Waals surface area contributed by atoms with Crippen molar-refractivity contribution in [1.29, 1.82) is 0 Å². The molecule has 2 aliphatic rings. The maximum absolute atomic E-state index is 13.2. The van der Waals surface area contributed by atoms with Crippen LogP contribution >= 0.6 is 11.8 Å². The van der Waals surface area contributed by atoms with E-state index in [0.717, 1.165) is 38.5 Å². The van der Waals surface area contributed by atoms with Crippen LogP contribution in [0.1, 0.15) is 38.5 Å². The lowest BCUT2D eigenvalue weighted by Crippen LogP contribution is -2.35. The third-order valence-corrected chi connectivity index (χ3v) is 11.4. The molecule has 2 aromatic rings. The molecule has 13 heteroatoms. The Kier molecular flexibility index (Phi) is 9.35. The predicted octanol–water partition coefficient (Wildman–Crippen LogP) is 3.23. The van der Waals surface area contributed by atoms with Gasteiger partial charge in [-0.2, -0.15) is 8.61 Å². The zero-order chi connectivity index (χ0) is 27.3. The first-order chi connectivity index (χ1) is 18.1. The highest BCUT2D eigenvalue weighted by Gasteiger charge is 2.28. The Hall–Kier alpha value is -2.19. The quantitative estimate of drug-likeness (QED) is 0.449. The van der Waals surface area contributed by atoms with Crippen LogP contribution in [0.4, 0.5) is 11.4 Å². The highest BCUT2D eigenvalue weighted by Crippen LogP contribution is 2.30. The number of aromatic nitrogens is 1. The van der Waals surface area contributed by atoms with Crippen molar-refractivity contribution in [2.45, 2.75) is 53.3 Å². The summed E-state index contributed by atoms with van der Waals surface area (Å²) < 4.78 is 55.0. The number of carbonyl (C=O) groups excluding carboxylic acids is 1. The number of nitrogens with one attached hydrogen (secondary N) is 1. The fourth-order valence-corrected chi connectivity index (χ4v) is 8.25. The van der Waals surface area contributed by atoms with E-state index < -0.39 is 20.0 Å². The van der Waals surface area contributed by atoms with Crippen LogP contribution in [0.15, 0.2) is 51.3 Å². The minimum atomic E-state index is -3.65. The smallest absolute Gasteiger partial charge is 0.244 e. The van der Waals surface area contributed by atoms with Gasteiger partial charge in [-0.1, -0.05) is 24.6 Å². The molecule has 0 spiro atoms. The van der Waals surface area contributed by atoms with E-state index in [1.807, 2.05) is 19.0 Å². The number of rotatable bonds is 9. The maximum atomic E-state index is 13.2. The van der Waals surface area contributed by atoms with E-state index in [1.54, 1.807) is 18.2 Å². The molecule has 2 saturated heterocycles. The van der Waals surface area contributed by atoms with Gasteiger partial charge in [0, 0.05) is 46.5 Å². The summed E-state index contributed by atoms with van der Waals surface area (Å²) in [5, 5.41) is 3.36. The van der Waals surface area contributed by atoms with Gasteiger partial charge < -0.3 is 10.2 Å². The number of sulfonamides is 2. The summed E-state index contributed by atoms with van der Waals surface area (Å²) in [6.45, 7) is 2.05. The molecule has 1 aromatic heterocycles. The Morgan fingerprint density at radius 2 is 1.42 bits per heavy atom. The molecule has 2 fully saturated rings. The maximum Gasteiger partial charge on any atom is 0.244 e. The molecule has 0 saturated carbocycles. The van der Waals surface area contributed by atoms with Crippen molar-refractivity contribution in [3.8, 4) is 0 Å². The zero-order valence-electron chi connectivity index (χ0n) is 21.8. The zero-order valence-corrected chi connectivity index (χ0v) is 24.2. The summed E-state index contributed by atoms with van der Waals surface area (Å²) in [6.07, 6.45) is 6.80. The van der Waals surface area contributed by atoms with E-state index in [1.165, 1.54) is 38.7 Å². The first-order valence-corrected chi connectivity index (χ1v) is 16.7. The third-order valence-electron chi connectivity index (χ3n) is 6.69. The Labute approximate surface area is 229 Å². The van der Waals surface area contributed by atoms with Crippen LogP contribution in [-0.4, -0.2) is 82.4 Å². The second-order valence-electron chi connectivity index (χ2n) is 9.67. The largest absolute Gasteiger partial charge is 0.376 e. The molecular weight excluding hydrogens is 547 g/mol. The summed E-state index contributed by atoms with van der Waals surface area (Å²) in [4.78, 5) is 19.2. The van der Waals surface area contributed by atoms with Crippen molar-refractivity contribution >= 4 is 49.1 Å². The van der Waals surface area contributed by atoms with Crippen molar-refractivity contribution in [2.24, 2.45) is 0 Å². The normalized spacial score (nSPS) is 17.7. The summed E-state index contributed by atoms with van der Waals surface area (Å²) in [6, 6.07) is 7.91. The average molecular weight is 582 g/mol. The average Bonchev–Trinajstić information content (AvgIpc) is 2.93. The molecule has 4 rings (SSSR count). The Morgan fingerprint density at radius 3 is 1.95 bits per heavy atom. The number of thioether (sulfide) groups is 1. The van der Waals surface area contributed by atoms with Crippen LogP contribution in [0, 0.1) is 0 Å². The van der Waals surface area contributed by atoms with Crippen LogP contribution < -0.4 is 10.2 Å². The van der Waals surface area contributed by atoms with E-state index in [0.29, 0.717) is 42.6 Å². The number of hydrogen-bond donors (Lipinski definition) is 1. The molecule has 0 atom stereocenters. The molecule has 0 radical (unpaired) electrons. The number of pyridine rings is 1. The number of hydrogen-bond acceptors (Lipinski definition) is 8. The predicted molar refractivity (Wildman–Crippen MR) is 150 cm³/mol. The van der Waals surface area contributed by atoms with Crippen molar-refractivity contribution in [2.75, 3.05) is 56.2 Å². The van der Waals surface area contributed by atoms with Gasteiger partial charge in [-0.25, -0.2) is 21.8 Å². The van der Waals surface area contributed by atoms with Gasteiger partial charge in [-0.15, -0.1) is 0 Å². The highest BCUT2D eigenvalue weighted by molar-refractivity contribution is 7.99. The number of benzene rings is 1. The molecule has 1 amide bonds. The topological polar surface area (TPSA) is 120 Å². The van der Waals surface area contributed by atoms with Gasteiger partial charge >= 0.3 is 0 Å². The molecule has 0 unspecified atom stereocenters. The van der Waals surface area contributed by atoms with Gasteiger partial charge in [-0.3, -0.25) is 4.79 Å². The summed E-state index contributed by atoms with van der Waals surface area (Å²) in [5.41, 5.74) is 1.10.